The normalized spacial score (nSPS) is 20.2. The van der Waals surface area contributed by atoms with Crippen LogP contribution in [0.25, 0.3) is 11.0 Å². The zero-order valence-electron chi connectivity index (χ0n) is 15.8. The molecule has 0 unspecified atom stereocenters. The van der Waals surface area contributed by atoms with Gasteiger partial charge in [0.25, 0.3) is 5.91 Å². The van der Waals surface area contributed by atoms with E-state index in [1.165, 1.54) is 5.56 Å². The monoisotopic (exact) mass is 363 g/mol. The molecule has 2 heterocycles. The molecule has 1 aliphatic rings. The number of benzene rings is 2. The number of imidazole rings is 1. The van der Waals surface area contributed by atoms with Gasteiger partial charge in [0.15, 0.2) is 0 Å². The molecule has 2 atom stereocenters. The largest absolute Gasteiger partial charge is 0.396 e. The van der Waals surface area contributed by atoms with E-state index in [-0.39, 0.29) is 18.4 Å². The van der Waals surface area contributed by atoms with Crippen LogP contribution >= 0.6 is 0 Å². The van der Waals surface area contributed by atoms with Gasteiger partial charge in [0, 0.05) is 38.2 Å². The van der Waals surface area contributed by atoms with Gasteiger partial charge in [0.05, 0.1) is 11.0 Å². The highest BCUT2D eigenvalue weighted by molar-refractivity contribution is 5.97. The van der Waals surface area contributed by atoms with Crippen LogP contribution < -0.4 is 0 Å². The van der Waals surface area contributed by atoms with Crippen LogP contribution in [-0.2, 0) is 7.05 Å². The van der Waals surface area contributed by atoms with Crippen molar-refractivity contribution in [3.63, 3.8) is 0 Å². The fourth-order valence-electron chi connectivity index (χ4n) is 4.17. The van der Waals surface area contributed by atoms with E-state index in [0.717, 1.165) is 23.3 Å². The van der Waals surface area contributed by atoms with Gasteiger partial charge >= 0.3 is 0 Å². The first-order chi connectivity index (χ1) is 13.1. The number of amides is 1. The number of likely N-dealkylation sites (tertiary alicyclic amines) is 1. The van der Waals surface area contributed by atoms with Crippen LogP contribution in [0.5, 0.6) is 0 Å². The summed E-state index contributed by atoms with van der Waals surface area (Å²) in [5, 5.41) is 9.92. The number of aryl methyl sites for hydroxylation is 2. The van der Waals surface area contributed by atoms with E-state index < -0.39 is 0 Å². The first-order valence-corrected chi connectivity index (χ1v) is 9.46. The highest BCUT2D eigenvalue weighted by atomic mass is 16.3. The lowest BCUT2D eigenvalue weighted by molar-refractivity contribution is 0.0578. The van der Waals surface area contributed by atoms with E-state index >= 15 is 0 Å². The molecule has 4 rings (SSSR count). The molecule has 140 valence electrons. The van der Waals surface area contributed by atoms with Crippen molar-refractivity contribution in [1.29, 1.82) is 0 Å². The van der Waals surface area contributed by atoms with E-state index in [4.69, 9.17) is 0 Å². The summed E-state index contributed by atoms with van der Waals surface area (Å²) in [4.78, 5) is 19.5. The van der Waals surface area contributed by atoms with E-state index in [1.807, 2.05) is 59.8 Å². The minimum atomic E-state index is 0.0284. The Morgan fingerprint density at radius 1 is 1.22 bits per heavy atom. The van der Waals surface area contributed by atoms with Gasteiger partial charge in [0.2, 0.25) is 0 Å². The Labute approximate surface area is 159 Å². The average molecular weight is 363 g/mol. The number of fused-ring (bicyclic) bond motifs is 1. The van der Waals surface area contributed by atoms with Crippen LogP contribution in [0.3, 0.4) is 0 Å². The summed E-state index contributed by atoms with van der Waals surface area (Å²) >= 11 is 0. The molecule has 5 heteroatoms. The van der Waals surface area contributed by atoms with Crippen molar-refractivity contribution in [1.82, 2.24) is 14.5 Å². The standard InChI is InChI=1S/C22H25N3O2/c1-15-23-20-9-8-17(12-21(20)24(15)2)22(27)25-11-10-19(18(13-25)14-26)16-6-4-3-5-7-16/h3-9,12,18-19,26H,10-11,13-14H2,1-2H3/t18-,19+/m1/s1. The van der Waals surface area contributed by atoms with Gasteiger partial charge in [-0.1, -0.05) is 30.3 Å². The molecule has 5 nitrogen and oxygen atoms in total. The average Bonchev–Trinajstić information content (AvgIpc) is 3.01. The summed E-state index contributed by atoms with van der Waals surface area (Å²) in [7, 11) is 1.96. The summed E-state index contributed by atoms with van der Waals surface area (Å²) < 4.78 is 2.00. The number of rotatable bonds is 3. The third-order valence-corrected chi connectivity index (χ3v) is 5.83. The lowest BCUT2D eigenvalue weighted by atomic mass is 9.81. The summed E-state index contributed by atoms with van der Waals surface area (Å²) in [6.45, 7) is 3.33. The van der Waals surface area contributed by atoms with Crippen molar-refractivity contribution in [3.05, 3.63) is 65.5 Å². The van der Waals surface area contributed by atoms with Crippen LogP contribution in [-0.4, -0.2) is 45.2 Å². The Morgan fingerprint density at radius 3 is 2.74 bits per heavy atom. The second-order valence-corrected chi connectivity index (χ2v) is 7.42. The molecule has 3 aromatic rings. The Hall–Kier alpha value is -2.66. The molecule has 1 aliphatic heterocycles. The molecule has 0 saturated carbocycles. The van der Waals surface area contributed by atoms with Gasteiger partial charge in [0.1, 0.15) is 5.82 Å². The Morgan fingerprint density at radius 2 is 2.00 bits per heavy atom. The summed E-state index contributed by atoms with van der Waals surface area (Å²) in [5.74, 6) is 1.31. The molecule has 1 fully saturated rings. The number of aliphatic hydroxyl groups excluding tert-OH is 1. The molecule has 2 aromatic carbocycles. The highest BCUT2D eigenvalue weighted by Gasteiger charge is 2.32. The number of nitrogens with zero attached hydrogens (tertiary/aromatic N) is 3. The number of carbonyl (C=O) groups excluding carboxylic acids is 1. The smallest absolute Gasteiger partial charge is 0.253 e. The van der Waals surface area contributed by atoms with Crippen LogP contribution in [0.4, 0.5) is 0 Å². The van der Waals surface area contributed by atoms with Gasteiger partial charge in [-0.15, -0.1) is 0 Å². The van der Waals surface area contributed by atoms with Crippen LogP contribution in [0.15, 0.2) is 48.5 Å². The zero-order chi connectivity index (χ0) is 19.0. The predicted molar refractivity (Wildman–Crippen MR) is 106 cm³/mol. The number of hydrogen-bond donors (Lipinski definition) is 1. The number of aromatic nitrogens is 2. The lowest BCUT2D eigenvalue weighted by Gasteiger charge is -2.38. The molecule has 1 saturated heterocycles. The quantitative estimate of drug-likeness (QED) is 0.778. The zero-order valence-corrected chi connectivity index (χ0v) is 15.8. The second kappa shape index (κ2) is 7.16. The molecule has 1 amide bonds. The summed E-state index contributed by atoms with van der Waals surface area (Å²) in [6, 6.07) is 16.0. The van der Waals surface area contributed by atoms with Crippen LogP contribution in [0.1, 0.15) is 34.1 Å². The van der Waals surface area contributed by atoms with Gasteiger partial charge < -0.3 is 14.6 Å². The van der Waals surface area contributed by atoms with Gasteiger partial charge in [-0.3, -0.25) is 4.79 Å². The third kappa shape index (κ3) is 3.23. The number of carbonyl (C=O) groups is 1. The predicted octanol–water partition coefficient (Wildman–Crippen LogP) is 3.12. The topological polar surface area (TPSA) is 58.4 Å². The van der Waals surface area contributed by atoms with E-state index in [2.05, 4.69) is 17.1 Å². The van der Waals surface area contributed by atoms with Gasteiger partial charge in [-0.2, -0.15) is 0 Å². The first-order valence-electron chi connectivity index (χ1n) is 9.46. The minimum Gasteiger partial charge on any atom is -0.396 e. The molecule has 1 aromatic heterocycles. The van der Waals surface area contributed by atoms with Crippen molar-refractivity contribution in [2.75, 3.05) is 19.7 Å². The highest BCUT2D eigenvalue weighted by Crippen LogP contribution is 2.33. The SMILES string of the molecule is Cc1nc2ccc(C(=O)N3CC[C@@H](c4ccccc4)[C@@H](CO)C3)cc2n1C. The number of hydrogen-bond acceptors (Lipinski definition) is 3. The fraction of sp³-hybridized carbons (Fsp3) is 0.364. The molecule has 0 bridgehead atoms. The van der Waals surface area contributed by atoms with Crippen molar-refractivity contribution in [3.8, 4) is 0 Å². The summed E-state index contributed by atoms with van der Waals surface area (Å²) in [5.41, 5.74) is 3.80. The Kier molecular flexibility index (Phi) is 4.70. The molecule has 27 heavy (non-hydrogen) atoms. The maximum atomic E-state index is 13.1. The molecule has 0 spiro atoms. The van der Waals surface area contributed by atoms with Crippen molar-refractivity contribution in [2.45, 2.75) is 19.3 Å². The van der Waals surface area contributed by atoms with Crippen molar-refractivity contribution >= 4 is 16.9 Å². The van der Waals surface area contributed by atoms with Crippen molar-refractivity contribution in [2.24, 2.45) is 13.0 Å². The Bertz CT molecular complexity index is 964. The minimum absolute atomic E-state index is 0.0284. The molecular formula is C22H25N3O2. The number of piperidine rings is 1. The van der Waals surface area contributed by atoms with Crippen LogP contribution in [0, 0.1) is 12.8 Å². The van der Waals surface area contributed by atoms with E-state index in [0.29, 0.717) is 24.6 Å². The molecule has 1 N–H and O–H groups in total. The second-order valence-electron chi connectivity index (χ2n) is 7.42. The number of aliphatic hydroxyl groups is 1. The fourth-order valence-corrected chi connectivity index (χ4v) is 4.17. The van der Waals surface area contributed by atoms with Gasteiger partial charge in [-0.05, 0) is 43.0 Å². The molecule has 0 aliphatic carbocycles. The molecular weight excluding hydrogens is 338 g/mol. The van der Waals surface area contributed by atoms with Crippen LogP contribution in [0.2, 0.25) is 0 Å². The Balaban J connectivity index is 1.56. The molecule has 0 radical (unpaired) electrons. The summed E-state index contributed by atoms with van der Waals surface area (Å²) in [6.07, 6.45) is 0.869. The maximum Gasteiger partial charge on any atom is 0.253 e. The van der Waals surface area contributed by atoms with Gasteiger partial charge in [-0.25, -0.2) is 4.98 Å². The van der Waals surface area contributed by atoms with E-state index in [1.54, 1.807) is 0 Å². The maximum absolute atomic E-state index is 13.1. The van der Waals surface area contributed by atoms with E-state index in [9.17, 15) is 9.90 Å². The van der Waals surface area contributed by atoms with Crippen molar-refractivity contribution < 1.29 is 9.90 Å². The third-order valence-electron chi connectivity index (χ3n) is 5.83. The lowest BCUT2D eigenvalue weighted by Crippen LogP contribution is -2.44. The first kappa shape index (κ1) is 17.7.